The number of rotatable bonds is 5. The summed E-state index contributed by atoms with van der Waals surface area (Å²) >= 11 is -2.63. The Kier molecular flexibility index (Phi) is 6.33. The Hall–Kier alpha value is -2.01. The van der Waals surface area contributed by atoms with Crippen LogP contribution in [0.1, 0.15) is 5.56 Å². The van der Waals surface area contributed by atoms with E-state index in [0.717, 1.165) is 49.9 Å². The smallest absolute Gasteiger partial charge is 0.573 e. The maximum atomic E-state index is 12.5. The Bertz CT molecular complexity index is 838. The molecule has 3 rings (SSSR count). The maximum absolute atomic E-state index is 12.5. The molecular formula is C18H19F3N3O3S-. The van der Waals surface area contributed by atoms with Crippen molar-refractivity contribution in [3.05, 3.63) is 42.1 Å². The molecule has 1 fully saturated rings. The van der Waals surface area contributed by atoms with Crippen molar-refractivity contribution in [3.63, 3.8) is 0 Å². The molecule has 1 atom stereocenters. The minimum absolute atomic E-state index is 0.0567. The summed E-state index contributed by atoms with van der Waals surface area (Å²) in [5, 5.41) is 0. The molecule has 1 unspecified atom stereocenters. The number of likely N-dealkylation sites (N-methyl/N-ethyl adjacent to an activating group) is 1. The molecule has 1 aromatic carbocycles. The van der Waals surface area contributed by atoms with E-state index < -0.39 is 23.2 Å². The second-order valence-electron chi connectivity index (χ2n) is 6.57. The predicted octanol–water partition coefficient (Wildman–Crippen LogP) is 2.63. The van der Waals surface area contributed by atoms with Crippen LogP contribution in [0.15, 0.2) is 41.4 Å². The first-order chi connectivity index (χ1) is 13.2. The van der Waals surface area contributed by atoms with E-state index in [1.54, 1.807) is 18.3 Å². The second-order valence-corrected chi connectivity index (χ2v) is 7.48. The van der Waals surface area contributed by atoms with Gasteiger partial charge in [-0.25, -0.2) is 0 Å². The molecule has 28 heavy (non-hydrogen) atoms. The number of nitrogens with zero attached hydrogens (tertiary/aromatic N) is 3. The lowest BCUT2D eigenvalue weighted by molar-refractivity contribution is -0.274. The summed E-state index contributed by atoms with van der Waals surface area (Å²) < 4.78 is 64.2. The summed E-state index contributed by atoms with van der Waals surface area (Å²) in [5.74, 6) is -0.500. The quantitative estimate of drug-likeness (QED) is 0.701. The van der Waals surface area contributed by atoms with Crippen molar-refractivity contribution in [2.24, 2.45) is 0 Å². The van der Waals surface area contributed by atoms with Gasteiger partial charge < -0.3 is 14.2 Å². The minimum atomic E-state index is -4.87. The molecule has 6 nitrogen and oxygen atoms in total. The summed E-state index contributed by atoms with van der Waals surface area (Å²) in [7, 11) is 2.07. The second kappa shape index (κ2) is 8.56. The first-order valence-corrected chi connectivity index (χ1v) is 9.64. The van der Waals surface area contributed by atoms with E-state index >= 15 is 0 Å². The van der Waals surface area contributed by atoms with Crippen LogP contribution in [0.2, 0.25) is 0 Å². The molecule has 1 saturated heterocycles. The van der Waals surface area contributed by atoms with Crippen LogP contribution in [0.25, 0.3) is 11.3 Å². The van der Waals surface area contributed by atoms with Gasteiger partial charge in [0.15, 0.2) is 0 Å². The standard InChI is InChI=1S/C18H20F3N3O3S/c1-23-6-8-24(9-7-23)12-13-2-4-16(22-11-13)15-10-14(27-18(19,20)21)3-5-17(15)28(25)26/h2-5,10-11H,6-9,12H2,1H3,(H,25,26)/p-1. The van der Waals surface area contributed by atoms with E-state index in [1.807, 2.05) is 0 Å². The number of halogens is 3. The number of piperazine rings is 1. The molecule has 0 aliphatic carbocycles. The number of ether oxygens (including phenoxy) is 1. The number of pyridine rings is 1. The van der Waals surface area contributed by atoms with Gasteiger partial charge in [-0.05, 0) is 48.0 Å². The van der Waals surface area contributed by atoms with Crippen molar-refractivity contribution in [2.75, 3.05) is 33.2 Å². The van der Waals surface area contributed by atoms with Crippen molar-refractivity contribution in [2.45, 2.75) is 17.8 Å². The van der Waals surface area contributed by atoms with Crippen LogP contribution < -0.4 is 4.74 Å². The minimum Gasteiger partial charge on any atom is -0.768 e. The Balaban J connectivity index is 1.81. The Morgan fingerprint density at radius 1 is 1.18 bits per heavy atom. The van der Waals surface area contributed by atoms with Crippen molar-refractivity contribution in [1.82, 2.24) is 14.8 Å². The summed E-state index contributed by atoms with van der Waals surface area (Å²) in [6.07, 6.45) is -3.25. The van der Waals surface area contributed by atoms with Crippen molar-refractivity contribution in [1.29, 1.82) is 0 Å². The highest BCUT2D eigenvalue weighted by Crippen LogP contribution is 2.31. The lowest BCUT2D eigenvalue weighted by Crippen LogP contribution is -2.43. The third-order valence-electron chi connectivity index (χ3n) is 4.47. The molecule has 0 spiro atoms. The van der Waals surface area contributed by atoms with Gasteiger partial charge in [0.05, 0.1) is 5.69 Å². The van der Waals surface area contributed by atoms with Gasteiger partial charge in [-0.2, -0.15) is 0 Å². The predicted molar refractivity (Wildman–Crippen MR) is 96.3 cm³/mol. The average molecular weight is 414 g/mol. The fraction of sp³-hybridized carbons (Fsp3) is 0.389. The van der Waals surface area contributed by atoms with Crippen molar-refractivity contribution < 1.29 is 26.7 Å². The molecule has 10 heteroatoms. The average Bonchev–Trinajstić information content (AvgIpc) is 2.63. The first kappa shape index (κ1) is 20.7. The highest BCUT2D eigenvalue weighted by atomic mass is 32.2. The lowest BCUT2D eigenvalue weighted by atomic mass is 10.1. The van der Waals surface area contributed by atoms with E-state index in [-0.39, 0.29) is 16.2 Å². The van der Waals surface area contributed by atoms with Crippen LogP contribution in [0.3, 0.4) is 0 Å². The van der Waals surface area contributed by atoms with Gasteiger partial charge in [0.25, 0.3) is 0 Å². The Labute approximate surface area is 163 Å². The van der Waals surface area contributed by atoms with Gasteiger partial charge in [-0.3, -0.25) is 14.1 Å². The molecule has 1 aliphatic rings. The molecule has 0 bridgehead atoms. The number of hydrogen-bond acceptors (Lipinski definition) is 6. The molecule has 0 amide bonds. The normalized spacial score (nSPS) is 17.5. The van der Waals surface area contributed by atoms with E-state index in [0.29, 0.717) is 6.54 Å². The third kappa shape index (κ3) is 5.51. The van der Waals surface area contributed by atoms with Gasteiger partial charge in [-0.15, -0.1) is 13.2 Å². The number of aromatic nitrogens is 1. The molecule has 152 valence electrons. The largest absolute Gasteiger partial charge is 0.768 e. The fourth-order valence-electron chi connectivity index (χ4n) is 2.99. The zero-order chi connectivity index (χ0) is 20.3. The Morgan fingerprint density at radius 2 is 1.89 bits per heavy atom. The monoisotopic (exact) mass is 414 g/mol. The SMILES string of the molecule is CN1CCN(Cc2ccc(-c3cc(OC(F)(F)F)ccc3S(=O)[O-])nc2)CC1. The zero-order valence-corrected chi connectivity index (χ0v) is 15.9. The molecule has 2 heterocycles. The summed E-state index contributed by atoms with van der Waals surface area (Å²) in [4.78, 5) is 8.65. The summed E-state index contributed by atoms with van der Waals surface area (Å²) in [5.41, 5.74) is 1.26. The molecule has 2 aromatic rings. The van der Waals surface area contributed by atoms with Crippen molar-refractivity contribution >= 4 is 11.1 Å². The molecular weight excluding hydrogens is 395 g/mol. The van der Waals surface area contributed by atoms with Gasteiger partial charge >= 0.3 is 6.36 Å². The van der Waals surface area contributed by atoms with Gasteiger partial charge in [0.1, 0.15) is 5.75 Å². The fourth-order valence-corrected chi connectivity index (χ4v) is 3.52. The molecule has 0 N–H and O–H groups in total. The van der Waals surface area contributed by atoms with Crippen LogP contribution in [-0.2, 0) is 17.6 Å². The molecule has 0 radical (unpaired) electrons. The first-order valence-electron chi connectivity index (χ1n) is 8.56. The molecule has 0 saturated carbocycles. The number of benzene rings is 1. The number of alkyl halides is 3. The third-order valence-corrected chi connectivity index (χ3v) is 5.18. The van der Waals surface area contributed by atoms with Crippen LogP contribution in [0.4, 0.5) is 13.2 Å². The number of hydrogen-bond donors (Lipinski definition) is 0. The van der Waals surface area contributed by atoms with E-state index in [9.17, 15) is 21.9 Å². The van der Waals surface area contributed by atoms with Crippen LogP contribution in [0, 0.1) is 0 Å². The van der Waals surface area contributed by atoms with E-state index in [4.69, 9.17) is 0 Å². The van der Waals surface area contributed by atoms with Crippen molar-refractivity contribution in [3.8, 4) is 17.0 Å². The van der Waals surface area contributed by atoms with Crippen LogP contribution in [-0.4, -0.2) is 63.1 Å². The van der Waals surface area contributed by atoms with Gasteiger partial charge in [0.2, 0.25) is 0 Å². The summed E-state index contributed by atoms with van der Waals surface area (Å²) in [6, 6.07) is 6.47. The molecule has 1 aliphatic heterocycles. The summed E-state index contributed by atoms with van der Waals surface area (Å²) in [6.45, 7) is 4.55. The Morgan fingerprint density at radius 3 is 2.46 bits per heavy atom. The highest BCUT2D eigenvalue weighted by molar-refractivity contribution is 7.79. The van der Waals surface area contributed by atoms with Crippen LogP contribution >= 0.6 is 0 Å². The highest BCUT2D eigenvalue weighted by Gasteiger charge is 2.31. The van der Waals surface area contributed by atoms with Gasteiger partial charge in [-0.1, -0.05) is 6.07 Å². The van der Waals surface area contributed by atoms with Gasteiger partial charge in [0, 0.05) is 49.4 Å². The maximum Gasteiger partial charge on any atom is 0.573 e. The van der Waals surface area contributed by atoms with Crippen LogP contribution in [0.5, 0.6) is 5.75 Å². The zero-order valence-electron chi connectivity index (χ0n) is 15.1. The molecule has 1 aromatic heterocycles. The van der Waals surface area contributed by atoms with E-state index in [2.05, 4.69) is 26.6 Å². The lowest BCUT2D eigenvalue weighted by Gasteiger charge is -2.32. The topological polar surface area (TPSA) is 68.7 Å². The van der Waals surface area contributed by atoms with E-state index in [1.165, 1.54) is 0 Å².